The Bertz CT molecular complexity index is 332. The van der Waals surface area contributed by atoms with Crippen LogP contribution in [0.2, 0.25) is 0 Å². The molecule has 0 aromatic heterocycles. The first-order valence-corrected chi connectivity index (χ1v) is 6.94. The van der Waals surface area contributed by atoms with Crippen molar-refractivity contribution in [3.63, 3.8) is 0 Å². The summed E-state index contributed by atoms with van der Waals surface area (Å²) in [6, 6.07) is -0.724. The van der Waals surface area contributed by atoms with Crippen molar-refractivity contribution in [3.8, 4) is 0 Å². The second kappa shape index (κ2) is 5.43. The molecule has 0 unspecified atom stereocenters. The van der Waals surface area contributed by atoms with Crippen molar-refractivity contribution >= 4 is 13.5 Å². The molecule has 0 aliphatic heterocycles. The fourth-order valence-electron chi connectivity index (χ4n) is 2.02. The Morgan fingerprint density at radius 3 is 2.41 bits per heavy atom. The summed E-state index contributed by atoms with van der Waals surface area (Å²) in [5.41, 5.74) is 5.09. The van der Waals surface area contributed by atoms with Crippen LogP contribution in [0, 0.1) is 5.92 Å². The van der Waals surface area contributed by atoms with E-state index in [-0.39, 0.29) is 13.0 Å². The van der Waals surface area contributed by atoms with Gasteiger partial charge in [-0.15, -0.1) is 0 Å². The molecule has 1 aliphatic rings. The van der Waals surface area contributed by atoms with Crippen molar-refractivity contribution in [2.45, 2.75) is 24.7 Å². The topological polar surface area (TPSA) is 153 Å². The Morgan fingerprint density at radius 2 is 1.94 bits per heavy atom. The second-order valence-corrected chi connectivity index (χ2v) is 5.90. The van der Waals surface area contributed by atoms with Gasteiger partial charge in [0.2, 0.25) is 5.91 Å². The van der Waals surface area contributed by atoms with Gasteiger partial charge in [-0.25, -0.2) is 0 Å². The van der Waals surface area contributed by atoms with E-state index in [9.17, 15) is 19.6 Å². The van der Waals surface area contributed by atoms with E-state index in [0.717, 1.165) is 0 Å². The third-order valence-corrected chi connectivity index (χ3v) is 3.75. The Hall–Kier alpha value is -0.500. The van der Waals surface area contributed by atoms with Crippen LogP contribution >= 0.6 is 7.60 Å². The lowest BCUT2D eigenvalue weighted by Gasteiger charge is -2.17. The number of nitrogens with two attached hydrogens (primary N) is 1. The van der Waals surface area contributed by atoms with Crippen LogP contribution in [-0.4, -0.2) is 56.9 Å². The summed E-state index contributed by atoms with van der Waals surface area (Å²) in [5, 5.41) is 21.6. The van der Waals surface area contributed by atoms with E-state index in [4.69, 9.17) is 15.5 Å². The van der Waals surface area contributed by atoms with Gasteiger partial charge in [-0.1, -0.05) is 0 Å². The van der Waals surface area contributed by atoms with Crippen LogP contribution in [-0.2, 0) is 9.36 Å². The quantitative estimate of drug-likeness (QED) is 0.304. The Morgan fingerprint density at radius 1 is 1.35 bits per heavy atom. The number of nitrogens with one attached hydrogen (secondary N) is 1. The monoisotopic (exact) mass is 268 g/mol. The second-order valence-electron chi connectivity index (χ2n) is 4.20. The van der Waals surface area contributed by atoms with E-state index < -0.39 is 43.8 Å². The van der Waals surface area contributed by atoms with Gasteiger partial charge in [0.15, 0.2) is 0 Å². The molecule has 1 saturated carbocycles. The van der Waals surface area contributed by atoms with Crippen molar-refractivity contribution in [2.24, 2.45) is 11.7 Å². The molecule has 1 fully saturated rings. The van der Waals surface area contributed by atoms with Crippen molar-refractivity contribution in [3.05, 3.63) is 0 Å². The summed E-state index contributed by atoms with van der Waals surface area (Å²) in [6.45, 7) is -0.248. The minimum absolute atomic E-state index is 0.110. The Labute approximate surface area is 98.0 Å². The maximum atomic E-state index is 11.0. The van der Waals surface area contributed by atoms with Crippen LogP contribution in [0.5, 0.6) is 0 Å². The lowest BCUT2D eigenvalue weighted by Crippen LogP contribution is -2.45. The molecule has 0 saturated heterocycles. The third kappa shape index (κ3) is 4.02. The van der Waals surface area contributed by atoms with Gasteiger partial charge in [0.25, 0.3) is 0 Å². The number of rotatable bonds is 4. The van der Waals surface area contributed by atoms with E-state index >= 15 is 0 Å². The van der Waals surface area contributed by atoms with Crippen LogP contribution in [0.25, 0.3) is 0 Å². The summed E-state index contributed by atoms with van der Waals surface area (Å²) in [4.78, 5) is 28.6. The van der Waals surface area contributed by atoms with Crippen molar-refractivity contribution in [2.75, 3.05) is 12.7 Å². The predicted molar refractivity (Wildman–Crippen MR) is 58.0 cm³/mol. The normalized spacial score (nSPS) is 33.7. The van der Waals surface area contributed by atoms with Gasteiger partial charge in [0.1, 0.15) is 6.10 Å². The average Bonchev–Trinajstić information content (AvgIpc) is 2.44. The molecule has 0 bridgehead atoms. The number of hydrogen-bond acceptors (Lipinski definition) is 5. The van der Waals surface area contributed by atoms with E-state index in [1.807, 2.05) is 0 Å². The smallest absolute Gasteiger partial charge is 0.325 e. The van der Waals surface area contributed by atoms with Gasteiger partial charge in [-0.2, -0.15) is 0 Å². The van der Waals surface area contributed by atoms with Crippen molar-refractivity contribution in [1.82, 2.24) is 5.32 Å². The summed E-state index contributed by atoms with van der Waals surface area (Å²) in [6.07, 6.45) is -2.90. The number of aliphatic hydroxyl groups excluding tert-OH is 2. The summed E-state index contributed by atoms with van der Waals surface area (Å²) < 4.78 is 10.8. The SMILES string of the molecule is NCC(=O)N[C@@H]1C[C@H](CP(=O)(O)O)[C@@H](O)[C@H]1O. The van der Waals surface area contributed by atoms with Gasteiger partial charge in [-0.3, -0.25) is 9.36 Å². The average molecular weight is 268 g/mol. The molecule has 0 radical (unpaired) electrons. The molecule has 100 valence electrons. The highest BCUT2D eigenvalue weighted by Gasteiger charge is 2.44. The zero-order valence-corrected chi connectivity index (χ0v) is 9.96. The van der Waals surface area contributed by atoms with Crippen LogP contribution in [0.4, 0.5) is 0 Å². The molecule has 1 rings (SSSR count). The fourth-order valence-corrected chi connectivity index (χ4v) is 3.00. The van der Waals surface area contributed by atoms with Crippen LogP contribution in [0.3, 0.4) is 0 Å². The number of carbonyl (C=O) groups excluding carboxylic acids is 1. The molecule has 0 aromatic carbocycles. The lowest BCUT2D eigenvalue weighted by atomic mass is 10.1. The van der Waals surface area contributed by atoms with E-state index in [1.165, 1.54) is 0 Å². The van der Waals surface area contributed by atoms with Crippen molar-refractivity contribution in [1.29, 1.82) is 0 Å². The molecule has 0 spiro atoms. The largest absolute Gasteiger partial charge is 0.390 e. The maximum absolute atomic E-state index is 11.0. The minimum atomic E-state index is -4.25. The first kappa shape index (κ1) is 14.6. The third-order valence-electron chi connectivity index (χ3n) is 2.81. The van der Waals surface area contributed by atoms with Gasteiger partial charge in [-0.05, 0) is 6.42 Å². The molecule has 4 atom stereocenters. The lowest BCUT2D eigenvalue weighted by molar-refractivity contribution is -0.121. The molecular formula is C8H17N2O6P. The first-order valence-electron chi connectivity index (χ1n) is 5.14. The molecule has 1 aliphatic carbocycles. The van der Waals surface area contributed by atoms with E-state index in [1.54, 1.807) is 0 Å². The van der Waals surface area contributed by atoms with E-state index in [0.29, 0.717) is 0 Å². The molecule has 7 N–H and O–H groups in total. The fraction of sp³-hybridized carbons (Fsp3) is 0.875. The van der Waals surface area contributed by atoms with E-state index in [2.05, 4.69) is 5.32 Å². The highest BCUT2D eigenvalue weighted by atomic mass is 31.2. The van der Waals surface area contributed by atoms with Gasteiger partial charge in [0.05, 0.1) is 24.9 Å². The molecular weight excluding hydrogens is 251 g/mol. The molecule has 0 aromatic rings. The minimum Gasteiger partial charge on any atom is -0.390 e. The Balaban J connectivity index is 2.62. The van der Waals surface area contributed by atoms with Crippen LogP contribution in [0.1, 0.15) is 6.42 Å². The summed E-state index contributed by atoms with van der Waals surface area (Å²) in [7, 11) is -4.25. The van der Waals surface area contributed by atoms with Gasteiger partial charge >= 0.3 is 7.60 Å². The molecule has 9 heteroatoms. The first-order chi connectivity index (χ1) is 7.74. The maximum Gasteiger partial charge on any atom is 0.325 e. The number of carbonyl (C=O) groups is 1. The molecule has 17 heavy (non-hydrogen) atoms. The number of hydrogen-bond donors (Lipinski definition) is 6. The Kier molecular flexibility index (Phi) is 4.65. The van der Waals surface area contributed by atoms with Gasteiger partial charge < -0.3 is 31.1 Å². The van der Waals surface area contributed by atoms with Gasteiger partial charge in [0, 0.05) is 5.92 Å². The highest BCUT2D eigenvalue weighted by Crippen LogP contribution is 2.42. The summed E-state index contributed by atoms with van der Waals surface area (Å²) >= 11 is 0. The summed E-state index contributed by atoms with van der Waals surface area (Å²) in [5.74, 6) is -1.23. The molecule has 1 amide bonds. The van der Waals surface area contributed by atoms with Crippen LogP contribution < -0.4 is 11.1 Å². The van der Waals surface area contributed by atoms with Crippen molar-refractivity contribution < 1.29 is 29.4 Å². The number of aliphatic hydroxyl groups is 2. The molecule has 8 nitrogen and oxygen atoms in total. The zero-order chi connectivity index (χ0) is 13.2. The predicted octanol–water partition coefficient (Wildman–Crippen LogP) is -2.65. The number of amides is 1. The highest BCUT2D eigenvalue weighted by molar-refractivity contribution is 7.51. The molecule has 0 heterocycles. The van der Waals surface area contributed by atoms with Crippen LogP contribution in [0.15, 0.2) is 0 Å². The standard InChI is InChI=1S/C8H17N2O6P/c9-2-6(11)10-5-1-4(3-17(14,15)16)7(12)8(5)13/h4-5,7-8,12-13H,1-3,9H2,(H,10,11)(H2,14,15,16)/t4-,5-,7-,8+/m1/s1. The zero-order valence-electron chi connectivity index (χ0n) is 9.06.